The Bertz CT molecular complexity index is 622. The number of benzene rings is 1. The van der Waals surface area contributed by atoms with Crippen LogP contribution in [0.2, 0.25) is 0 Å². The molecule has 2 saturated heterocycles. The Kier molecular flexibility index (Phi) is 4.43. The average molecular weight is 315 g/mol. The number of carbonyl (C=O) groups is 3. The number of hydrogen-bond donors (Lipinski definition) is 3. The first kappa shape index (κ1) is 15.7. The minimum atomic E-state index is -0.283. The highest BCUT2D eigenvalue weighted by molar-refractivity contribution is 6.03. The van der Waals surface area contributed by atoms with Gasteiger partial charge in [-0.25, -0.2) is 0 Å². The zero-order valence-corrected chi connectivity index (χ0v) is 13.1. The molecule has 2 aliphatic rings. The van der Waals surface area contributed by atoms with Crippen LogP contribution in [0, 0.1) is 17.8 Å². The quantitative estimate of drug-likeness (QED) is 0.698. The Hall–Kier alpha value is -2.21. The molecule has 0 bridgehead atoms. The molecule has 0 radical (unpaired) electrons. The first-order chi connectivity index (χ1) is 11.0. The van der Waals surface area contributed by atoms with Crippen molar-refractivity contribution in [3.05, 3.63) is 29.8 Å². The molecule has 1 aromatic carbocycles. The molecule has 6 heteroatoms. The molecule has 2 unspecified atom stereocenters. The van der Waals surface area contributed by atoms with Crippen molar-refractivity contribution in [2.24, 2.45) is 17.8 Å². The van der Waals surface area contributed by atoms with Gasteiger partial charge in [0.2, 0.25) is 17.7 Å². The molecule has 3 amide bonds. The third-order valence-electron chi connectivity index (χ3n) is 4.70. The summed E-state index contributed by atoms with van der Waals surface area (Å²) in [5.74, 6) is -0.255. The molecule has 2 atom stereocenters. The highest BCUT2D eigenvalue weighted by Crippen LogP contribution is 2.21. The number of anilines is 1. The van der Waals surface area contributed by atoms with Crippen molar-refractivity contribution in [1.29, 1.82) is 0 Å². The molecule has 6 nitrogen and oxygen atoms in total. The van der Waals surface area contributed by atoms with Crippen molar-refractivity contribution < 1.29 is 14.4 Å². The Morgan fingerprint density at radius 1 is 1.26 bits per heavy atom. The van der Waals surface area contributed by atoms with Gasteiger partial charge in [-0.05, 0) is 43.1 Å². The summed E-state index contributed by atoms with van der Waals surface area (Å²) in [7, 11) is 0. The van der Waals surface area contributed by atoms with E-state index in [9.17, 15) is 14.4 Å². The maximum absolute atomic E-state index is 12.2. The summed E-state index contributed by atoms with van der Waals surface area (Å²) < 4.78 is 0. The van der Waals surface area contributed by atoms with Gasteiger partial charge >= 0.3 is 0 Å². The second-order valence-corrected chi connectivity index (χ2v) is 6.41. The molecule has 2 fully saturated rings. The molecule has 2 heterocycles. The van der Waals surface area contributed by atoms with Crippen molar-refractivity contribution in [1.82, 2.24) is 10.6 Å². The Balaban J connectivity index is 1.55. The standard InChI is InChI=1S/C17H21N3O3/c1-10(13-8-18-9-13)16(22)19-14-4-2-11(3-5-14)6-12-7-15(21)20-17(12)23/h2-5,10,12-13,18H,6-9H2,1H3,(H,19,22)(H,20,21,23). The normalized spacial score (nSPS) is 22.4. The van der Waals surface area contributed by atoms with Gasteiger partial charge in [0.1, 0.15) is 0 Å². The first-order valence-electron chi connectivity index (χ1n) is 7.97. The second kappa shape index (κ2) is 6.50. The number of amides is 3. The van der Waals surface area contributed by atoms with E-state index in [2.05, 4.69) is 16.0 Å². The number of carbonyl (C=O) groups excluding carboxylic acids is 3. The van der Waals surface area contributed by atoms with E-state index in [1.54, 1.807) is 0 Å². The molecule has 23 heavy (non-hydrogen) atoms. The van der Waals surface area contributed by atoms with Gasteiger partial charge in [-0.3, -0.25) is 19.7 Å². The fourth-order valence-corrected chi connectivity index (χ4v) is 2.92. The van der Waals surface area contributed by atoms with Gasteiger partial charge in [0.15, 0.2) is 0 Å². The van der Waals surface area contributed by atoms with Crippen molar-refractivity contribution >= 4 is 23.4 Å². The van der Waals surface area contributed by atoms with E-state index in [-0.39, 0.29) is 36.0 Å². The fourth-order valence-electron chi connectivity index (χ4n) is 2.92. The third-order valence-corrected chi connectivity index (χ3v) is 4.70. The monoisotopic (exact) mass is 315 g/mol. The largest absolute Gasteiger partial charge is 0.326 e. The Morgan fingerprint density at radius 2 is 1.96 bits per heavy atom. The van der Waals surface area contributed by atoms with Crippen molar-refractivity contribution in [3.63, 3.8) is 0 Å². The van der Waals surface area contributed by atoms with E-state index in [1.165, 1.54) is 0 Å². The highest BCUT2D eigenvalue weighted by atomic mass is 16.2. The maximum atomic E-state index is 12.2. The number of nitrogens with one attached hydrogen (secondary N) is 3. The number of rotatable bonds is 5. The van der Waals surface area contributed by atoms with E-state index in [1.807, 2.05) is 31.2 Å². The van der Waals surface area contributed by atoms with Gasteiger partial charge in [-0.2, -0.15) is 0 Å². The van der Waals surface area contributed by atoms with Gasteiger partial charge in [0, 0.05) is 18.0 Å². The molecule has 0 saturated carbocycles. The summed E-state index contributed by atoms with van der Waals surface area (Å²) in [6, 6.07) is 7.46. The van der Waals surface area contributed by atoms with Crippen molar-refractivity contribution in [2.75, 3.05) is 18.4 Å². The lowest BCUT2D eigenvalue weighted by Crippen LogP contribution is -2.48. The second-order valence-electron chi connectivity index (χ2n) is 6.41. The van der Waals surface area contributed by atoms with E-state index in [0.717, 1.165) is 24.3 Å². The van der Waals surface area contributed by atoms with E-state index in [4.69, 9.17) is 0 Å². The van der Waals surface area contributed by atoms with E-state index in [0.29, 0.717) is 12.3 Å². The van der Waals surface area contributed by atoms with Crippen molar-refractivity contribution in [3.8, 4) is 0 Å². The zero-order chi connectivity index (χ0) is 16.4. The van der Waals surface area contributed by atoms with Crippen LogP contribution in [0.5, 0.6) is 0 Å². The fraction of sp³-hybridized carbons (Fsp3) is 0.471. The molecule has 0 spiro atoms. The molecule has 122 valence electrons. The molecular weight excluding hydrogens is 294 g/mol. The lowest BCUT2D eigenvalue weighted by atomic mass is 9.88. The molecule has 1 aromatic rings. The summed E-state index contributed by atoms with van der Waals surface area (Å²) in [6.45, 7) is 3.75. The highest BCUT2D eigenvalue weighted by Gasteiger charge is 2.30. The van der Waals surface area contributed by atoms with Crippen molar-refractivity contribution in [2.45, 2.75) is 19.8 Å². The van der Waals surface area contributed by atoms with Crippen LogP contribution in [-0.4, -0.2) is 30.8 Å². The summed E-state index contributed by atoms with van der Waals surface area (Å²) in [5.41, 5.74) is 1.74. The average Bonchev–Trinajstić information content (AvgIpc) is 2.77. The predicted molar refractivity (Wildman–Crippen MR) is 85.6 cm³/mol. The Labute approximate surface area is 135 Å². The van der Waals surface area contributed by atoms with Crippen LogP contribution in [0.15, 0.2) is 24.3 Å². The zero-order valence-electron chi connectivity index (χ0n) is 13.1. The Morgan fingerprint density at radius 3 is 2.48 bits per heavy atom. The lowest BCUT2D eigenvalue weighted by Gasteiger charge is -2.31. The van der Waals surface area contributed by atoms with Gasteiger partial charge < -0.3 is 10.6 Å². The summed E-state index contributed by atoms with van der Waals surface area (Å²) in [5, 5.41) is 8.42. The molecule has 2 aliphatic heterocycles. The minimum Gasteiger partial charge on any atom is -0.326 e. The summed E-state index contributed by atoms with van der Waals surface area (Å²) in [6.07, 6.45) is 0.792. The van der Waals surface area contributed by atoms with Crippen LogP contribution >= 0.6 is 0 Å². The van der Waals surface area contributed by atoms with Crippen LogP contribution in [0.4, 0.5) is 5.69 Å². The summed E-state index contributed by atoms with van der Waals surface area (Å²) >= 11 is 0. The van der Waals surface area contributed by atoms with Gasteiger partial charge in [0.05, 0.1) is 5.92 Å². The number of hydrogen-bond acceptors (Lipinski definition) is 4. The van der Waals surface area contributed by atoms with Crippen LogP contribution in [0.3, 0.4) is 0 Å². The van der Waals surface area contributed by atoms with Crippen LogP contribution < -0.4 is 16.0 Å². The predicted octanol–water partition coefficient (Wildman–Crippen LogP) is 0.686. The van der Waals surface area contributed by atoms with Gasteiger partial charge in [-0.15, -0.1) is 0 Å². The molecule has 0 aliphatic carbocycles. The SMILES string of the molecule is CC(C(=O)Nc1ccc(CC2CC(=O)NC2=O)cc1)C1CNC1. The molecular formula is C17H21N3O3. The van der Waals surface area contributed by atoms with Crippen LogP contribution in [0.1, 0.15) is 18.9 Å². The minimum absolute atomic E-state index is 0.0101. The topological polar surface area (TPSA) is 87.3 Å². The third kappa shape index (κ3) is 3.59. The van der Waals surface area contributed by atoms with Crippen LogP contribution in [-0.2, 0) is 20.8 Å². The maximum Gasteiger partial charge on any atom is 0.230 e. The van der Waals surface area contributed by atoms with E-state index < -0.39 is 0 Å². The first-order valence-corrected chi connectivity index (χ1v) is 7.97. The smallest absolute Gasteiger partial charge is 0.230 e. The van der Waals surface area contributed by atoms with Gasteiger partial charge in [0.25, 0.3) is 0 Å². The molecule has 3 rings (SSSR count). The summed E-state index contributed by atoms with van der Waals surface area (Å²) in [4.78, 5) is 34.9. The van der Waals surface area contributed by atoms with Gasteiger partial charge in [-0.1, -0.05) is 19.1 Å². The molecule has 0 aromatic heterocycles. The number of imide groups is 1. The van der Waals surface area contributed by atoms with Crippen LogP contribution in [0.25, 0.3) is 0 Å². The molecule has 3 N–H and O–H groups in total. The lowest BCUT2D eigenvalue weighted by molar-refractivity contribution is -0.126. The van der Waals surface area contributed by atoms with E-state index >= 15 is 0 Å².